The van der Waals surface area contributed by atoms with Gasteiger partial charge < -0.3 is 14.2 Å². The van der Waals surface area contributed by atoms with Crippen molar-refractivity contribution in [3.05, 3.63) is 46.4 Å². The van der Waals surface area contributed by atoms with Crippen molar-refractivity contribution in [1.29, 1.82) is 0 Å². The van der Waals surface area contributed by atoms with Crippen molar-refractivity contribution < 1.29 is 28.6 Å². The summed E-state index contributed by atoms with van der Waals surface area (Å²) in [5.74, 6) is 1.39. The summed E-state index contributed by atoms with van der Waals surface area (Å²) in [6.45, 7) is 10.6. The molecule has 46 heavy (non-hydrogen) atoms. The first-order chi connectivity index (χ1) is 21.9. The number of benzene rings is 1. The van der Waals surface area contributed by atoms with Crippen LogP contribution in [0.4, 0.5) is 0 Å². The van der Waals surface area contributed by atoms with E-state index < -0.39 is 5.92 Å². The SMILES string of the molecule is CCCCCCCCCCCCCCCC(=O)Oc1ccc(C2C3=C(CC(C)(C)CC3=O)OC3=C2C(=O)CC(C)(C)C3)cc1OC. The van der Waals surface area contributed by atoms with Crippen LogP contribution in [0.3, 0.4) is 0 Å². The molecule has 0 N–H and O–H groups in total. The van der Waals surface area contributed by atoms with E-state index in [1.54, 1.807) is 13.2 Å². The Morgan fingerprint density at radius 2 is 1.20 bits per heavy atom. The number of carbonyl (C=O) groups excluding carboxylic acids is 3. The Labute approximate surface area is 277 Å². The Balaban J connectivity index is 1.35. The van der Waals surface area contributed by atoms with Gasteiger partial charge in [0.25, 0.3) is 0 Å². The Morgan fingerprint density at radius 1 is 0.717 bits per heavy atom. The van der Waals surface area contributed by atoms with E-state index in [2.05, 4.69) is 34.6 Å². The van der Waals surface area contributed by atoms with Gasteiger partial charge in [0.1, 0.15) is 11.5 Å². The zero-order chi connectivity index (χ0) is 33.3. The first kappa shape index (κ1) is 36.0. The number of Topliss-reactive ketones (excluding diaryl/α,β-unsaturated/α-hetero) is 2. The minimum Gasteiger partial charge on any atom is -0.493 e. The van der Waals surface area contributed by atoms with E-state index in [1.165, 1.54) is 64.2 Å². The fraction of sp³-hybridized carbons (Fsp3) is 0.675. The predicted molar refractivity (Wildman–Crippen MR) is 183 cm³/mol. The third-order valence-corrected chi connectivity index (χ3v) is 9.81. The number of allylic oxidation sites excluding steroid dienone is 4. The summed E-state index contributed by atoms with van der Waals surface area (Å²) in [5.41, 5.74) is 1.52. The zero-order valence-electron chi connectivity index (χ0n) is 29.5. The number of methoxy groups -OCH3 is 1. The second kappa shape index (κ2) is 16.3. The highest BCUT2D eigenvalue weighted by Crippen LogP contribution is 2.53. The summed E-state index contributed by atoms with van der Waals surface area (Å²) in [7, 11) is 1.55. The number of ether oxygens (including phenoxy) is 3. The van der Waals surface area contributed by atoms with Gasteiger partial charge in [-0.2, -0.15) is 0 Å². The molecule has 0 spiro atoms. The molecule has 2 aliphatic carbocycles. The Morgan fingerprint density at radius 3 is 1.67 bits per heavy atom. The van der Waals surface area contributed by atoms with Crippen LogP contribution < -0.4 is 9.47 Å². The molecule has 1 heterocycles. The number of carbonyl (C=O) groups is 3. The summed E-state index contributed by atoms with van der Waals surface area (Å²) in [6, 6.07) is 5.42. The molecule has 3 aliphatic rings. The molecule has 1 aromatic rings. The van der Waals surface area contributed by atoms with Gasteiger partial charge in [-0.3, -0.25) is 14.4 Å². The standard InChI is InChI=1S/C40H58O6/c1-7-8-9-10-11-12-13-14-15-16-17-18-19-20-35(43)46-31-22-21-28(23-32(31)44-6)36-37-29(41)24-39(2,3)26-33(37)45-34-27-40(4,5)25-30(42)38(34)36/h21-23,36H,7-20,24-27H2,1-6H3. The molecular formula is C40H58O6. The van der Waals surface area contributed by atoms with Crippen molar-refractivity contribution in [2.75, 3.05) is 7.11 Å². The van der Waals surface area contributed by atoms with Crippen molar-refractivity contribution in [3.8, 4) is 11.5 Å². The Kier molecular flexibility index (Phi) is 12.7. The van der Waals surface area contributed by atoms with E-state index in [0.717, 1.165) is 24.8 Å². The fourth-order valence-electron chi connectivity index (χ4n) is 7.42. The molecule has 6 heteroatoms. The van der Waals surface area contributed by atoms with Crippen LogP contribution in [0.5, 0.6) is 11.5 Å². The lowest BCUT2D eigenvalue weighted by atomic mass is 9.65. The van der Waals surface area contributed by atoms with Crippen molar-refractivity contribution in [2.45, 2.75) is 156 Å². The monoisotopic (exact) mass is 634 g/mol. The molecule has 0 bridgehead atoms. The summed E-state index contributed by atoms with van der Waals surface area (Å²) in [4.78, 5) is 39.9. The summed E-state index contributed by atoms with van der Waals surface area (Å²) in [5, 5.41) is 0. The van der Waals surface area contributed by atoms with E-state index in [1.807, 2.05) is 12.1 Å². The van der Waals surface area contributed by atoms with Gasteiger partial charge in [0.15, 0.2) is 23.1 Å². The molecular weight excluding hydrogens is 576 g/mol. The van der Waals surface area contributed by atoms with Crippen molar-refractivity contribution in [3.63, 3.8) is 0 Å². The van der Waals surface area contributed by atoms with Gasteiger partial charge in [-0.15, -0.1) is 0 Å². The highest BCUT2D eigenvalue weighted by atomic mass is 16.6. The van der Waals surface area contributed by atoms with Crippen LogP contribution in [0.2, 0.25) is 0 Å². The van der Waals surface area contributed by atoms with Crippen LogP contribution in [0.25, 0.3) is 0 Å². The van der Waals surface area contributed by atoms with Crippen LogP contribution in [0, 0.1) is 10.8 Å². The first-order valence-electron chi connectivity index (χ1n) is 18.0. The zero-order valence-corrected chi connectivity index (χ0v) is 29.5. The van der Waals surface area contributed by atoms with Gasteiger partial charge in [0.05, 0.1) is 7.11 Å². The molecule has 0 amide bonds. The maximum Gasteiger partial charge on any atom is 0.311 e. The largest absolute Gasteiger partial charge is 0.493 e. The van der Waals surface area contributed by atoms with Gasteiger partial charge >= 0.3 is 5.97 Å². The lowest BCUT2D eigenvalue weighted by Gasteiger charge is -2.42. The molecule has 0 fully saturated rings. The molecule has 1 aliphatic heterocycles. The average Bonchev–Trinajstić information content (AvgIpc) is 2.97. The van der Waals surface area contributed by atoms with Gasteiger partial charge in [0.2, 0.25) is 0 Å². The van der Waals surface area contributed by atoms with E-state index in [9.17, 15) is 14.4 Å². The molecule has 1 aromatic carbocycles. The van der Waals surface area contributed by atoms with Crippen molar-refractivity contribution in [2.24, 2.45) is 10.8 Å². The molecule has 0 saturated carbocycles. The normalized spacial score (nSPS) is 19.1. The molecule has 6 nitrogen and oxygen atoms in total. The average molecular weight is 635 g/mol. The summed E-state index contributed by atoms with van der Waals surface area (Å²) in [6.07, 6.45) is 18.8. The van der Waals surface area contributed by atoms with E-state index >= 15 is 0 Å². The highest BCUT2D eigenvalue weighted by molar-refractivity contribution is 6.06. The maximum atomic E-state index is 13.6. The lowest BCUT2D eigenvalue weighted by molar-refractivity contribution is -0.134. The maximum absolute atomic E-state index is 13.6. The number of hydrogen-bond acceptors (Lipinski definition) is 6. The first-order valence-corrected chi connectivity index (χ1v) is 18.0. The Hall–Kier alpha value is -2.89. The fourth-order valence-corrected chi connectivity index (χ4v) is 7.42. The van der Waals surface area contributed by atoms with Crippen LogP contribution in [0.1, 0.15) is 162 Å². The molecule has 0 radical (unpaired) electrons. The topological polar surface area (TPSA) is 78.9 Å². The molecule has 0 unspecified atom stereocenters. The molecule has 0 aromatic heterocycles. The van der Waals surface area contributed by atoms with Crippen LogP contribution in [-0.4, -0.2) is 24.6 Å². The number of hydrogen-bond donors (Lipinski definition) is 0. The van der Waals surface area contributed by atoms with Crippen molar-refractivity contribution in [1.82, 2.24) is 0 Å². The number of esters is 1. The Bertz CT molecular complexity index is 1260. The number of unbranched alkanes of at least 4 members (excludes halogenated alkanes) is 12. The van der Waals surface area contributed by atoms with Gasteiger partial charge in [0, 0.05) is 49.2 Å². The summed E-state index contributed by atoms with van der Waals surface area (Å²) < 4.78 is 17.8. The van der Waals surface area contributed by atoms with Gasteiger partial charge in [-0.25, -0.2) is 0 Å². The molecule has 0 atom stereocenters. The van der Waals surface area contributed by atoms with Crippen molar-refractivity contribution >= 4 is 17.5 Å². The second-order valence-electron chi connectivity index (χ2n) is 15.5. The van der Waals surface area contributed by atoms with Crippen LogP contribution in [0.15, 0.2) is 40.9 Å². The molecule has 254 valence electrons. The minimum atomic E-state index is -0.518. The summed E-state index contributed by atoms with van der Waals surface area (Å²) >= 11 is 0. The number of rotatable bonds is 17. The van der Waals surface area contributed by atoms with Crippen LogP contribution in [-0.2, 0) is 19.1 Å². The highest BCUT2D eigenvalue weighted by Gasteiger charge is 2.48. The quantitative estimate of drug-likeness (QED) is 0.0964. The third kappa shape index (κ3) is 9.58. The lowest BCUT2D eigenvalue weighted by Crippen LogP contribution is -2.37. The molecule has 0 saturated heterocycles. The predicted octanol–water partition coefficient (Wildman–Crippen LogP) is 10.5. The van der Waals surface area contributed by atoms with Gasteiger partial charge in [-0.1, -0.05) is 118 Å². The number of ketones is 2. The smallest absolute Gasteiger partial charge is 0.311 e. The minimum absolute atomic E-state index is 0.0210. The van der Waals surface area contributed by atoms with E-state index in [4.69, 9.17) is 14.2 Å². The molecule has 4 rings (SSSR count). The van der Waals surface area contributed by atoms with E-state index in [0.29, 0.717) is 66.3 Å². The second-order valence-corrected chi connectivity index (χ2v) is 15.5. The third-order valence-electron chi connectivity index (χ3n) is 9.81. The van der Waals surface area contributed by atoms with Gasteiger partial charge in [-0.05, 0) is 34.9 Å². The van der Waals surface area contributed by atoms with Crippen LogP contribution >= 0.6 is 0 Å². The van der Waals surface area contributed by atoms with E-state index in [-0.39, 0.29) is 28.4 Å².